The first kappa shape index (κ1) is 12.9. The second-order valence-electron chi connectivity index (χ2n) is 4.63. The molecular weight excluding hydrogens is 228 g/mol. The van der Waals surface area contributed by atoms with Crippen LogP contribution in [0.5, 0.6) is 5.88 Å². The van der Waals surface area contributed by atoms with Crippen LogP contribution in [0.1, 0.15) is 42.6 Å². The molecule has 98 valence electrons. The van der Waals surface area contributed by atoms with E-state index >= 15 is 0 Å². The molecule has 4 heteroatoms. The molecule has 1 fully saturated rings. The summed E-state index contributed by atoms with van der Waals surface area (Å²) >= 11 is 0. The van der Waals surface area contributed by atoms with Crippen molar-refractivity contribution in [3.8, 4) is 5.88 Å². The maximum atomic E-state index is 12.3. The van der Waals surface area contributed by atoms with Gasteiger partial charge >= 0.3 is 0 Å². The topological polar surface area (TPSA) is 42.4 Å². The van der Waals surface area contributed by atoms with Crippen LogP contribution >= 0.6 is 0 Å². The van der Waals surface area contributed by atoms with Crippen molar-refractivity contribution in [3.63, 3.8) is 0 Å². The van der Waals surface area contributed by atoms with Crippen molar-refractivity contribution in [1.29, 1.82) is 0 Å². The third-order valence-corrected chi connectivity index (χ3v) is 3.30. The van der Waals surface area contributed by atoms with E-state index in [-0.39, 0.29) is 5.91 Å². The molecule has 0 aromatic carbocycles. The number of amides is 1. The molecule has 1 aliphatic rings. The summed E-state index contributed by atoms with van der Waals surface area (Å²) in [6.07, 6.45) is 5.91. The average molecular weight is 248 g/mol. The van der Waals surface area contributed by atoms with E-state index in [9.17, 15) is 4.79 Å². The van der Waals surface area contributed by atoms with E-state index in [1.165, 1.54) is 19.3 Å². The first-order valence-electron chi connectivity index (χ1n) is 6.61. The standard InChI is InChI=1S/C14H20N2O2/c1-18-13-9-7-8-12(15-13)14(17)16-10-5-3-2-4-6-11-16/h7-9H,2-6,10-11H2,1H3. The van der Waals surface area contributed by atoms with Gasteiger partial charge in [0.05, 0.1) is 7.11 Å². The van der Waals surface area contributed by atoms with Crippen LogP contribution in [0.25, 0.3) is 0 Å². The Hall–Kier alpha value is -1.58. The van der Waals surface area contributed by atoms with Crippen molar-refractivity contribution in [2.24, 2.45) is 0 Å². The second kappa shape index (κ2) is 6.38. The van der Waals surface area contributed by atoms with E-state index in [0.717, 1.165) is 25.9 Å². The Balaban J connectivity index is 2.08. The summed E-state index contributed by atoms with van der Waals surface area (Å²) in [5.41, 5.74) is 0.481. The molecule has 2 rings (SSSR count). The Morgan fingerprint density at radius 2 is 1.83 bits per heavy atom. The van der Waals surface area contributed by atoms with Gasteiger partial charge in [-0.3, -0.25) is 4.79 Å². The quantitative estimate of drug-likeness (QED) is 0.807. The highest BCUT2D eigenvalue weighted by Crippen LogP contribution is 2.14. The lowest BCUT2D eigenvalue weighted by atomic mass is 10.1. The van der Waals surface area contributed by atoms with Crippen molar-refractivity contribution in [2.75, 3.05) is 20.2 Å². The molecule has 0 atom stereocenters. The van der Waals surface area contributed by atoms with Gasteiger partial charge < -0.3 is 9.64 Å². The van der Waals surface area contributed by atoms with Gasteiger partial charge in [-0.25, -0.2) is 4.98 Å². The van der Waals surface area contributed by atoms with Crippen molar-refractivity contribution in [1.82, 2.24) is 9.88 Å². The lowest BCUT2D eigenvalue weighted by Gasteiger charge is -2.24. The van der Waals surface area contributed by atoms with Crippen LogP contribution in [0.2, 0.25) is 0 Å². The Morgan fingerprint density at radius 1 is 1.17 bits per heavy atom. The summed E-state index contributed by atoms with van der Waals surface area (Å²) in [6, 6.07) is 5.32. The summed E-state index contributed by atoms with van der Waals surface area (Å²) in [7, 11) is 1.56. The number of carbonyl (C=O) groups excluding carboxylic acids is 1. The molecule has 18 heavy (non-hydrogen) atoms. The SMILES string of the molecule is COc1cccc(C(=O)N2CCCCCCC2)n1. The third kappa shape index (κ3) is 3.22. The smallest absolute Gasteiger partial charge is 0.272 e. The van der Waals surface area contributed by atoms with Crippen LogP contribution in [0.15, 0.2) is 18.2 Å². The Labute approximate surface area is 108 Å². The van der Waals surface area contributed by atoms with E-state index in [1.807, 2.05) is 11.0 Å². The van der Waals surface area contributed by atoms with E-state index in [2.05, 4.69) is 4.98 Å². The largest absolute Gasteiger partial charge is 0.481 e. The summed E-state index contributed by atoms with van der Waals surface area (Å²) in [5.74, 6) is 0.517. The molecule has 1 amide bonds. The molecular formula is C14H20N2O2. The first-order valence-corrected chi connectivity index (χ1v) is 6.61. The maximum Gasteiger partial charge on any atom is 0.272 e. The maximum absolute atomic E-state index is 12.3. The summed E-state index contributed by atoms with van der Waals surface area (Å²) in [6.45, 7) is 1.69. The fourth-order valence-electron chi connectivity index (χ4n) is 2.26. The molecule has 1 aromatic heterocycles. The molecule has 0 spiro atoms. The first-order chi connectivity index (χ1) is 8.81. The molecule has 0 unspecified atom stereocenters. The van der Waals surface area contributed by atoms with Gasteiger partial charge in [0, 0.05) is 19.2 Å². The van der Waals surface area contributed by atoms with Crippen LogP contribution in [0, 0.1) is 0 Å². The zero-order valence-electron chi connectivity index (χ0n) is 10.9. The van der Waals surface area contributed by atoms with E-state index < -0.39 is 0 Å². The predicted octanol–water partition coefficient (Wildman–Crippen LogP) is 2.50. The molecule has 2 heterocycles. The fraction of sp³-hybridized carbons (Fsp3) is 0.571. The number of hydrogen-bond acceptors (Lipinski definition) is 3. The minimum absolute atomic E-state index is 0.0239. The van der Waals surface area contributed by atoms with Gasteiger partial charge in [0.15, 0.2) is 0 Å². The molecule has 0 saturated carbocycles. The number of rotatable bonds is 2. The number of methoxy groups -OCH3 is 1. The molecule has 1 saturated heterocycles. The minimum Gasteiger partial charge on any atom is -0.481 e. The molecule has 1 aromatic rings. The lowest BCUT2D eigenvalue weighted by molar-refractivity contribution is 0.0735. The van der Waals surface area contributed by atoms with Crippen LogP contribution in [0.4, 0.5) is 0 Å². The summed E-state index contributed by atoms with van der Waals surface area (Å²) < 4.78 is 5.06. The number of pyridine rings is 1. The zero-order chi connectivity index (χ0) is 12.8. The zero-order valence-corrected chi connectivity index (χ0v) is 10.9. The number of hydrogen-bond donors (Lipinski definition) is 0. The molecule has 0 bridgehead atoms. The molecule has 0 aliphatic carbocycles. The van der Waals surface area contributed by atoms with Crippen LogP contribution < -0.4 is 4.74 Å². The minimum atomic E-state index is 0.0239. The lowest BCUT2D eigenvalue weighted by Crippen LogP contribution is -2.34. The third-order valence-electron chi connectivity index (χ3n) is 3.30. The van der Waals surface area contributed by atoms with Gasteiger partial charge in [-0.05, 0) is 18.9 Å². The highest BCUT2D eigenvalue weighted by molar-refractivity contribution is 5.92. The predicted molar refractivity (Wildman–Crippen MR) is 69.8 cm³/mol. The van der Waals surface area contributed by atoms with Gasteiger partial charge in [-0.1, -0.05) is 25.3 Å². The second-order valence-corrected chi connectivity index (χ2v) is 4.63. The normalized spacial score (nSPS) is 16.8. The molecule has 4 nitrogen and oxygen atoms in total. The number of carbonyl (C=O) groups is 1. The highest BCUT2D eigenvalue weighted by Gasteiger charge is 2.18. The molecule has 0 radical (unpaired) electrons. The van der Waals surface area contributed by atoms with Crippen molar-refractivity contribution in [3.05, 3.63) is 23.9 Å². The van der Waals surface area contributed by atoms with Crippen LogP contribution in [0.3, 0.4) is 0 Å². The average Bonchev–Trinajstić information content (AvgIpc) is 2.38. The van der Waals surface area contributed by atoms with Crippen molar-refractivity contribution >= 4 is 5.91 Å². The number of nitrogens with zero attached hydrogens (tertiary/aromatic N) is 2. The van der Waals surface area contributed by atoms with Crippen molar-refractivity contribution in [2.45, 2.75) is 32.1 Å². The summed E-state index contributed by atoms with van der Waals surface area (Å²) in [5, 5.41) is 0. The van der Waals surface area contributed by atoms with Crippen LogP contribution in [-0.2, 0) is 0 Å². The van der Waals surface area contributed by atoms with E-state index in [1.54, 1.807) is 19.2 Å². The Morgan fingerprint density at radius 3 is 2.50 bits per heavy atom. The van der Waals surface area contributed by atoms with Gasteiger partial charge in [0.1, 0.15) is 5.69 Å². The Kier molecular flexibility index (Phi) is 4.56. The Bertz CT molecular complexity index is 399. The summed E-state index contributed by atoms with van der Waals surface area (Å²) in [4.78, 5) is 18.5. The van der Waals surface area contributed by atoms with Gasteiger partial charge in [-0.15, -0.1) is 0 Å². The van der Waals surface area contributed by atoms with Gasteiger partial charge in [-0.2, -0.15) is 0 Å². The van der Waals surface area contributed by atoms with E-state index in [0.29, 0.717) is 11.6 Å². The van der Waals surface area contributed by atoms with Gasteiger partial charge in [0.2, 0.25) is 5.88 Å². The van der Waals surface area contributed by atoms with E-state index in [4.69, 9.17) is 4.74 Å². The molecule has 0 N–H and O–H groups in total. The monoisotopic (exact) mass is 248 g/mol. The van der Waals surface area contributed by atoms with Gasteiger partial charge in [0.25, 0.3) is 5.91 Å². The number of likely N-dealkylation sites (tertiary alicyclic amines) is 1. The van der Waals surface area contributed by atoms with Crippen LogP contribution in [-0.4, -0.2) is 36.0 Å². The number of aromatic nitrogens is 1. The van der Waals surface area contributed by atoms with Crippen molar-refractivity contribution < 1.29 is 9.53 Å². The molecule has 1 aliphatic heterocycles. The number of ether oxygens (including phenoxy) is 1. The highest BCUT2D eigenvalue weighted by atomic mass is 16.5. The fourth-order valence-corrected chi connectivity index (χ4v) is 2.26.